The van der Waals surface area contributed by atoms with Gasteiger partial charge in [-0.25, -0.2) is 29.3 Å². The molecular formula is C17H16FN7O2. The van der Waals surface area contributed by atoms with Crippen LogP contribution >= 0.6 is 0 Å². The second-order valence-corrected chi connectivity index (χ2v) is 5.57. The number of methoxy groups -OCH3 is 1. The van der Waals surface area contributed by atoms with E-state index in [1.165, 1.54) is 38.6 Å². The Morgan fingerprint density at radius 1 is 1.19 bits per heavy atom. The summed E-state index contributed by atoms with van der Waals surface area (Å²) in [4.78, 5) is 32.4. The number of anilines is 3. The van der Waals surface area contributed by atoms with Crippen LogP contribution in [0.3, 0.4) is 0 Å². The summed E-state index contributed by atoms with van der Waals surface area (Å²) in [7, 11) is 1.32. The van der Waals surface area contributed by atoms with E-state index in [1.807, 2.05) is 0 Å². The first-order valence-corrected chi connectivity index (χ1v) is 7.83. The maximum absolute atomic E-state index is 13.9. The molecule has 0 aliphatic carbocycles. The molecule has 0 amide bonds. The number of hydrogen-bond acceptors (Lipinski definition) is 9. The number of carbonyl (C=O) groups is 1. The number of ether oxygens (including phenoxy) is 1. The lowest BCUT2D eigenvalue weighted by Crippen LogP contribution is -2.07. The molecule has 0 fully saturated rings. The number of pyridine rings is 1. The smallest absolute Gasteiger partial charge is 0.250 e. The van der Waals surface area contributed by atoms with Crippen LogP contribution in [0.4, 0.5) is 21.7 Å². The number of ketones is 1. The molecule has 0 unspecified atom stereocenters. The van der Waals surface area contributed by atoms with E-state index in [4.69, 9.17) is 10.5 Å². The van der Waals surface area contributed by atoms with Crippen molar-refractivity contribution in [3.05, 3.63) is 41.9 Å². The second-order valence-electron chi connectivity index (χ2n) is 5.57. The minimum atomic E-state index is -0.639. The number of nitrogens with one attached hydrogen (secondary N) is 1. The molecule has 0 aliphatic rings. The topological polar surface area (TPSA) is 129 Å². The molecule has 138 valence electrons. The predicted molar refractivity (Wildman–Crippen MR) is 96.2 cm³/mol. The van der Waals surface area contributed by atoms with E-state index in [0.29, 0.717) is 17.2 Å². The Morgan fingerprint density at radius 3 is 2.59 bits per heavy atom. The number of nitrogens with zero attached hydrogens (tertiary/aromatic N) is 5. The molecule has 0 saturated heterocycles. The number of aryl methyl sites for hydroxylation is 1. The Bertz CT molecular complexity index is 1010. The Kier molecular flexibility index (Phi) is 4.88. The average molecular weight is 369 g/mol. The van der Waals surface area contributed by atoms with Gasteiger partial charge >= 0.3 is 0 Å². The van der Waals surface area contributed by atoms with Crippen molar-refractivity contribution < 1.29 is 13.9 Å². The SMILES string of the molecule is COc1ncc(Nc2ncc(C(C)=O)nc2-c2cc(N)nc(C)n2)cc1F. The van der Waals surface area contributed by atoms with Crippen molar-refractivity contribution >= 4 is 23.1 Å². The maximum atomic E-state index is 13.9. The van der Waals surface area contributed by atoms with Gasteiger partial charge in [0.25, 0.3) is 0 Å². The minimum Gasteiger partial charge on any atom is -0.479 e. The summed E-state index contributed by atoms with van der Waals surface area (Å²) < 4.78 is 18.7. The molecule has 0 aromatic carbocycles. The van der Waals surface area contributed by atoms with E-state index in [2.05, 4.69) is 30.2 Å². The first-order valence-electron chi connectivity index (χ1n) is 7.83. The van der Waals surface area contributed by atoms with Gasteiger partial charge < -0.3 is 15.8 Å². The number of hydrogen-bond donors (Lipinski definition) is 2. The van der Waals surface area contributed by atoms with Crippen molar-refractivity contribution in [1.82, 2.24) is 24.9 Å². The van der Waals surface area contributed by atoms with Gasteiger partial charge in [0, 0.05) is 19.1 Å². The molecule has 27 heavy (non-hydrogen) atoms. The van der Waals surface area contributed by atoms with Gasteiger partial charge in [-0.3, -0.25) is 4.79 Å². The summed E-state index contributed by atoms with van der Waals surface area (Å²) in [6, 6.07) is 2.72. The predicted octanol–water partition coefficient (Wildman–Crippen LogP) is 2.31. The van der Waals surface area contributed by atoms with Crippen LogP contribution in [0.2, 0.25) is 0 Å². The lowest BCUT2D eigenvalue weighted by Gasteiger charge is -2.12. The van der Waals surface area contributed by atoms with Crippen LogP contribution in [0.5, 0.6) is 5.88 Å². The van der Waals surface area contributed by atoms with E-state index in [1.54, 1.807) is 6.92 Å². The average Bonchev–Trinajstić information content (AvgIpc) is 2.61. The number of nitrogen functional groups attached to an aromatic ring is 1. The summed E-state index contributed by atoms with van der Waals surface area (Å²) in [5.41, 5.74) is 6.91. The number of nitrogens with two attached hydrogens (primary N) is 1. The highest BCUT2D eigenvalue weighted by atomic mass is 19.1. The molecule has 0 saturated carbocycles. The second kappa shape index (κ2) is 7.28. The Hall–Kier alpha value is -3.69. The number of halogens is 1. The zero-order valence-corrected chi connectivity index (χ0v) is 14.8. The summed E-state index contributed by atoms with van der Waals surface area (Å²) in [5, 5.41) is 2.92. The quantitative estimate of drug-likeness (QED) is 0.651. The largest absolute Gasteiger partial charge is 0.479 e. The highest BCUT2D eigenvalue weighted by Gasteiger charge is 2.16. The molecule has 0 atom stereocenters. The van der Waals surface area contributed by atoms with Crippen molar-refractivity contribution in [2.45, 2.75) is 13.8 Å². The molecule has 0 radical (unpaired) electrons. The number of aromatic nitrogens is 5. The van der Waals surface area contributed by atoms with E-state index in [-0.39, 0.29) is 34.7 Å². The van der Waals surface area contributed by atoms with Gasteiger partial charge in [-0.1, -0.05) is 0 Å². The standard InChI is InChI=1S/C17H16FN7O2/c1-8(26)13-7-20-16(24-10-4-11(18)17(27-3)21-6-10)15(25-13)12-5-14(19)23-9(2)22-12/h4-7H,1-3H3,(H,20,24)(H2,19,22,23). The fourth-order valence-electron chi connectivity index (χ4n) is 2.32. The molecule has 3 rings (SSSR count). The summed E-state index contributed by atoms with van der Waals surface area (Å²) in [6.45, 7) is 3.06. The summed E-state index contributed by atoms with van der Waals surface area (Å²) >= 11 is 0. The van der Waals surface area contributed by atoms with Gasteiger partial charge in [0.05, 0.1) is 30.9 Å². The lowest BCUT2D eigenvalue weighted by atomic mass is 10.2. The number of carbonyl (C=O) groups excluding carboxylic acids is 1. The Morgan fingerprint density at radius 2 is 1.96 bits per heavy atom. The fraction of sp³-hybridized carbons (Fsp3) is 0.176. The Balaban J connectivity index is 2.09. The Labute approximate surface area is 153 Å². The fourth-order valence-corrected chi connectivity index (χ4v) is 2.32. The molecule has 3 aromatic heterocycles. The summed E-state index contributed by atoms with van der Waals surface area (Å²) in [5.74, 6) is -0.0914. The first kappa shape index (κ1) is 18.1. The zero-order chi connectivity index (χ0) is 19.6. The van der Waals surface area contributed by atoms with Crippen LogP contribution in [-0.4, -0.2) is 37.8 Å². The monoisotopic (exact) mass is 369 g/mol. The van der Waals surface area contributed by atoms with Crippen molar-refractivity contribution in [2.75, 3.05) is 18.2 Å². The van der Waals surface area contributed by atoms with Crippen molar-refractivity contribution in [2.24, 2.45) is 0 Å². The van der Waals surface area contributed by atoms with Crippen molar-refractivity contribution in [1.29, 1.82) is 0 Å². The van der Waals surface area contributed by atoms with Gasteiger partial charge in [-0.15, -0.1) is 0 Å². The van der Waals surface area contributed by atoms with Gasteiger partial charge in [0.2, 0.25) is 5.88 Å². The molecular weight excluding hydrogens is 353 g/mol. The van der Waals surface area contributed by atoms with Gasteiger partial charge in [0.1, 0.15) is 23.0 Å². The van der Waals surface area contributed by atoms with Crippen LogP contribution in [0.15, 0.2) is 24.5 Å². The van der Waals surface area contributed by atoms with Gasteiger partial charge in [-0.05, 0) is 6.92 Å². The third-order valence-electron chi connectivity index (χ3n) is 3.50. The van der Waals surface area contributed by atoms with Gasteiger partial charge in [0.15, 0.2) is 17.4 Å². The normalized spacial score (nSPS) is 10.5. The zero-order valence-electron chi connectivity index (χ0n) is 14.8. The molecule has 0 spiro atoms. The molecule has 10 heteroatoms. The van der Waals surface area contributed by atoms with Crippen LogP contribution in [0.25, 0.3) is 11.4 Å². The van der Waals surface area contributed by atoms with E-state index >= 15 is 0 Å². The first-order chi connectivity index (χ1) is 12.9. The third kappa shape index (κ3) is 3.94. The molecule has 9 nitrogen and oxygen atoms in total. The highest BCUT2D eigenvalue weighted by molar-refractivity contribution is 5.93. The molecule has 3 N–H and O–H groups in total. The maximum Gasteiger partial charge on any atom is 0.250 e. The van der Waals surface area contributed by atoms with Crippen LogP contribution in [0, 0.1) is 12.7 Å². The van der Waals surface area contributed by atoms with E-state index in [9.17, 15) is 9.18 Å². The minimum absolute atomic E-state index is 0.127. The van der Waals surface area contributed by atoms with Crippen LogP contribution in [-0.2, 0) is 0 Å². The van der Waals surface area contributed by atoms with Gasteiger partial charge in [-0.2, -0.15) is 0 Å². The molecule has 0 aliphatic heterocycles. The van der Waals surface area contributed by atoms with Crippen molar-refractivity contribution in [3.63, 3.8) is 0 Å². The molecule has 0 bridgehead atoms. The van der Waals surface area contributed by atoms with E-state index in [0.717, 1.165) is 0 Å². The third-order valence-corrected chi connectivity index (χ3v) is 3.50. The molecule has 3 aromatic rings. The van der Waals surface area contributed by atoms with Crippen molar-refractivity contribution in [3.8, 4) is 17.3 Å². The molecule has 3 heterocycles. The van der Waals surface area contributed by atoms with Crippen LogP contribution in [0.1, 0.15) is 23.2 Å². The van der Waals surface area contributed by atoms with E-state index < -0.39 is 5.82 Å². The van der Waals surface area contributed by atoms with Crippen LogP contribution < -0.4 is 15.8 Å². The summed E-state index contributed by atoms with van der Waals surface area (Å²) in [6.07, 6.45) is 2.70. The highest BCUT2D eigenvalue weighted by Crippen LogP contribution is 2.28. The number of rotatable bonds is 5. The lowest BCUT2D eigenvalue weighted by molar-refractivity contribution is 0.101. The number of Topliss-reactive ketones (excluding diaryl/α,β-unsaturated/α-hetero) is 1.